The summed E-state index contributed by atoms with van der Waals surface area (Å²) < 4.78 is 5.03. The van der Waals surface area contributed by atoms with Crippen molar-refractivity contribution in [3.05, 3.63) is 60.1 Å². The second-order valence-electron chi connectivity index (χ2n) is 6.29. The summed E-state index contributed by atoms with van der Waals surface area (Å²) in [6.07, 6.45) is 1.42. The third-order valence-corrected chi connectivity index (χ3v) is 4.03. The first-order valence-corrected chi connectivity index (χ1v) is 8.26. The molecule has 0 unspecified atom stereocenters. The van der Waals surface area contributed by atoms with E-state index in [2.05, 4.69) is 15.5 Å². The number of carbonyl (C=O) groups is 2. The molecular formula is C19H25N3O3. The first-order chi connectivity index (χ1) is 11.9. The standard InChI is InChI=1S/C19H25N3O3/c1-13(17(22(3)4)15-9-6-5-7-10-15)20-18(23)14(2)21-19(24)16-11-8-12-25-16/h5-14,17H,1-4H3,(H,20,23)(H,21,24)/t13-,14-,17-/m0/s1. The number of carbonyl (C=O) groups excluding carboxylic acids is 2. The molecule has 1 aromatic heterocycles. The fraction of sp³-hybridized carbons (Fsp3) is 0.368. The Kier molecular flexibility index (Phi) is 6.36. The number of amides is 2. The van der Waals surface area contributed by atoms with E-state index >= 15 is 0 Å². The van der Waals surface area contributed by atoms with Gasteiger partial charge >= 0.3 is 0 Å². The zero-order valence-electron chi connectivity index (χ0n) is 15.0. The average Bonchev–Trinajstić information content (AvgIpc) is 3.10. The lowest BCUT2D eigenvalue weighted by Crippen LogP contribution is -2.50. The van der Waals surface area contributed by atoms with Crippen molar-refractivity contribution in [1.82, 2.24) is 15.5 Å². The van der Waals surface area contributed by atoms with Gasteiger partial charge in [-0.2, -0.15) is 0 Å². The molecule has 2 aromatic rings. The monoisotopic (exact) mass is 343 g/mol. The van der Waals surface area contributed by atoms with E-state index in [1.807, 2.05) is 51.4 Å². The van der Waals surface area contributed by atoms with Crippen LogP contribution in [0.4, 0.5) is 0 Å². The van der Waals surface area contributed by atoms with Gasteiger partial charge < -0.3 is 20.0 Å². The molecule has 2 rings (SSSR count). The van der Waals surface area contributed by atoms with Gasteiger partial charge in [0, 0.05) is 6.04 Å². The van der Waals surface area contributed by atoms with Crippen LogP contribution < -0.4 is 10.6 Å². The van der Waals surface area contributed by atoms with Gasteiger partial charge in [0.1, 0.15) is 6.04 Å². The minimum atomic E-state index is -0.668. The molecule has 1 heterocycles. The van der Waals surface area contributed by atoms with Gasteiger partial charge in [-0.05, 0) is 45.6 Å². The number of hydrogen-bond acceptors (Lipinski definition) is 4. The maximum absolute atomic E-state index is 12.4. The smallest absolute Gasteiger partial charge is 0.287 e. The van der Waals surface area contributed by atoms with E-state index in [9.17, 15) is 9.59 Å². The first kappa shape index (κ1) is 18.7. The zero-order valence-corrected chi connectivity index (χ0v) is 15.0. The van der Waals surface area contributed by atoms with E-state index in [4.69, 9.17) is 4.42 Å². The van der Waals surface area contributed by atoms with Crippen LogP contribution in [0.5, 0.6) is 0 Å². The molecule has 0 saturated heterocycles. The van der Waals surface area contributed by atoms with Gasteiger partial charge in [-0.25, -0.2) is 0 Å². The van der Waals surface area contributed by atoms with Crippen molar-refractivity contribution in [3.63, 3.8) is 0 Å². The summed E-state index contributed by atoms with van der Waals surface area (Å²) in [7, 11) is 3.95. The molecule has 2 amide bonds. The summed E-state index contributed by atoms with van der Waals surface area (Å²) in [6, 6.07) is 12.4. The third-order valence-electron chi connectivity index (χ3n) is 4.03. The van der Waals surface area contributed by atoms with Crippen molar-refractivity contribution in [2.75, 3.05) is 14.1 Å². The van der Waals surface area contributed by atoms with Crippen molar-refractivity contribution in [3.8, 4) is 0 Å². The molecule has 6 heteroatoms. The average molecular weight is 343 g/mol. The minimum Gasteiger partial charge on any atom is -0.459 e. The van der Waals surface area contributed by atoms with Crippen LogP contribution in [0.3, 0.4) is 0 Å². The normalized spacial score (nSPS) is 14.6. The van der Waals surface area contributed by atoms with Crippen LogP contribution in [0.25, 0.3) is 0 Å². The summed E-state index contributed by atoms with van der Waals surface area (Å²) >= 11 is 0. The Morgan fingerprint density at radius 1 is 1.00 bits per heavy atom. The molecule has 134 valence electrons. The molecule has 25 heavy (non-hydrogen) atoms. The Hall–Kier alpha value is -2.60. The molecule has 1 aromatic carbocycles. The van der Waals surface area contributed by atoms with E-state index in [-0.39, 0.29) is 23.8 Å². The second kappa shape index (κ2) is 8.48. The summed E-state index contributed by atoms with van der Waals surface area (Å²) in [5.41, 5.74) is 1.12. The lowest BCUT2D eigenvalue weighted by atomic mass is 9.99. The molecule has 0 bridgehead atoms. The quantitative estimate of drug-likeness (QED) is 0.808. The zero-order chi connectivity index (χ0) is 18.4. The van der Waals surface area contributed by atoms with Crippen LogP contribution in [-0.4, -0.2) is 42.9 Å². The van der Waals surface area contributed by atoms with Gasteiger partial charge in [-0.3, -0.25) is 9.59 Å². The fourth-order valence-corrected chi connectivity index (χ4v) is 2.85. The highest BCUT2D eigenvalue weighted by molar-refractivity contribution is 5.95. The molecule has 0 aliphatic carbocycles. The summed E-state index contributed by atoms with van der Waals surface area (Å²) in [4.78, 5) is 26.5. The second-order valence-corrected chi connectivity index (χ2v) is 6.29. The predicted octanol–water partition coefficient (Wildman–Crippen LogP) is 2.21. The van der Waals surface area contributed by atoms with Crippen LogP contribution in [0.1, 0.15) is 36.0 Å². The molecule has 0 radical (unpaired) electrons. The van der Waals surface area contributed by atoms with E-state index in [1.54, 1.807) is 19.1 Å². The van der Waals surface area contributed by atoms with Gasteiger partial charge in [0.25, 0.3) is 5.91 Å². The van der Waals surface area contributed by atoms with Crippen molar-refractivity contribution in [2.45, 2.75) is 32.0 Å². The SMILES string of the molecule is C[C@H](NC(=O)c1ccco1)C(=O)N[C@@H](C)[C@@H](c1ccccc1)N(C)C. The van der Waals surface area contributed by atoms with Gasteiger partial charge in [-0.1, -0.05) is 30.3 Å². The third kappa shape index (κ3) is 4.93. The van der Waals surface area contributed by atoms with Crippen LogP contribution in [0, 0.1) is 0 Å². The Balaban J connectivity index is 1.98. The maximum atomic E-state index is 12.4. The Morgan fingerprint density at radius 3 is 2.24 bits per heavy atom. The highest BCUT2D eigenvalue weighted by Gasteiger charge is 2.25. The van der Waals surface area contributed by atoms with Crippen molar-refractivity contribution >= 4 is 11.8 Å². The van der Waals surface area contributed by atoms with Crippen molar-refractivity contribution in [1.29, 1.82) is 0 Å². The largest absolute Gasteiger partial charge is 0.459 e. The maximum Gasteiger partial charge on any atom is 0.287 e. The van der Waals surface area contributed by atoms with Gasteiger partial charge in [-0.15, -0.1) is 0 Å². The number of likely N-dealkylation sites (N-methyl/N-ethyl adjacent to an activating group) is 1. The number of benzene rings is 1. The molecular weight excluding hydrogens is 318 g/mol. The lowest BCUT2D eigenvalue weighted by molar-refractivity contribution is -0.123. The lowest BCUT2D eigenvalue weighted by Gasteiger charge is -2.31. The van der Waals surface area contributed by atoms with Gasteiger partial charge in [0.2, 0.25) is 5.91 Å². The van der Waals surface area contributed by atoms with E-state index < -0.39 is 11.9 Å². The molecule has 0 saturated carbocycles. The van der Waals surface area contributed by atoms with Gasteiger partial charge in [0.05, 0.1) is 12.3 Å². The Bertz CT molecular complexity index is 683. The number of hydrogen-bond donors (Lipinski definition) is 2. The minimum absolute atomic E-state index is 0.0260. The topological polar surface area (TPSA) is 74.6 Å². The molecule has 0 aliphatic rings. The molecule has 0 fully saturated rings. The summed E-state index contributed by atoms with van der Waals surface area (Å²) in [5, 5.41) is 5.62. The number of nitrogens with one attached hydrogen (secondary N) is 2. The predicted molar refractivity (Wildman–Crippen MR) is 96.1 cm³/mol. The van der Waals surface area contributed by atoms with Gasteiger partial charge in [0.15, 0.2) is 5.76 Å². The Labute approximate surface area is 148 Å². The number of furan rings is 1. The fourth-order valence-electron chi connectivity index (χ4n) is 2.85. The highest BCUT2D eigenvalue weighted by atomic mass is 16.3. The molecule has 6 nitrogen and oxygen atoms in total. The summed E-state index contributed by atoms with van der Waals surface area (Å²) in [6.45, 7) is 3.60. The number of rotatable bonds is 7. The molecule has 0 aliphatic heterocycles. The molecule has 2 N–H and O–H groups in total. The van der Waals surface area contributed by atoms with Crippen molar-refractivity contribution < 1.29 is 14.0 Å². The first-order valence-electron chi connectivity index (χ1n) is 8.26. The van der Waals surface area contributed by atoms with E-state index in [0.717, 1.165) is 5.56 Å². The Morgan fingerprint density at radius 2 is 1.68 bits per heavy atom. The van der Waals surface area contributed by atoms with E-state index in [1.165, 1.54) is 6.26 Å². The summed E-state index contributed by atoms with van der Waals surface area (Å²) in [5.74, 6) is -0.467. The van der Waals surface area contributed by atoms with Crippen LogP contribution >= 0.6 is 0 Å². The van der Waals surface area contributed by atoms with Crippen molar-refractivity contribution in [2.24, 2.45) is 0 Å². The number of nitrogens with zero attached hydrogens (tertiary/aromatic N) is 1. The van der Waals surface area contributed by atoms with Crippen LogP contribution in [0.2, 0.25) is 0 Å². The highest BCUT2D eigenvalue weighted by Crippen LogP contribution is 2.21. The molecule has 3 atom stereocenters. The van der Waals surface area contributed by atoms with Crippen LogP contribution in [-0.2, 0) is 4.79 Å². The molecule has 0 spiro atoms. The van der Waals surface area contributed by atoms with Crippen LogP contribution in [0.15, 0.2) is 53.1 Å². The van der Waals surface area contributed by atoms with E-state index in [0.29, 0.717) is 0 Å².